The van der Waals surface area contributed by atoms with Crippen molar-refractivity contribution >= 4 is 69.6 Å². The lowest BCUT2D eigenvalue weighted by Gasteiger charge is -2.29. The van der Waals surface area contributed by atoms with Gasteiger partial charge in [0.05, 0.1) is 0 Å². The normalized spacial score (nSPS) is 13.8. The number of alkyl halides is 6. The molecule has 0 amide bonds. The van der Waals surface area contributed by atoms with Gasteiger partial charge < -0.3 is 0 Å². The van der Waals surface area contributed by atoms with Gasteiger partial charge >= 0.3 is 0 Å². The van der Waals surface area contributed by atoms with Crippen molar-refractivity contribution in [1.29, 1.82) is 0 Å². The molecule has 0 rings (SSSR count). The molecular formula is C4H4Cl6. The van der Waals surface area contributed by atoms with Crippen LogP contribution in [0.15, 0.2) is 0 Å². The van der Waals surface area contributed by atoms with E-state index in [0.717, 1.165) is 0 Å². The third-order valence-electron chi connectivity index (χ3n) is 0.932. The Bertz CT molecular complexity index is 101. The van der Waals surface area contributed by atoms with E-state index in [2.05, 4.69) is 0 Å². The van der Waals surface area contributed by atoms with Gasteiger partial charge in [0.15, 0.2) is 0 Å². The Balaban J connectivity index is 4.33. The molecule has 0 aliphatic rings. The van der Waals surface area contributed by atoms with E-state index in [0.29, 0.717) is 0 Å². The molecule has 0 nitrogen and oxygen atoms in total. The second-order valence-electron chi connectivity index (χ2n) is 1.73. The molecular weight excluding hydrogens is 261 g/mol. The van der Waals surface area contributed by atoms with E-state index in [1.54, 1.807) is 0 Å². The van der Waals surface area contributed by atoms with Crippen molar-refractivity contribution in [3.05, 3.63) is 0 Å². The Morgan fingerprint density at radius 1 is 0.800 bits per heavy atom. The van der Waals surface area contributed by atoms with E-state index in [4.69, 9.17) is 69.6 Å². The minimum Gasteiger partial charge on any atom is -0.125 e. The predicted molar refractivity (Wildman–Crippen MR) is 50.3 cm³/mol. The van der Waals surface area contributed by atoms with E-state index in [1.165, 1.54) is 0 Å². The van der Waals surface area contributed by atoms with Crippen LogP contribution in [0.1, 0.15) is 0 Å². The van der Waals surface area contributed by atoms with Crippen LogP contribution in [0.5, 0.6) is 0 Å². The zero-order valence-electron chi connectivity index (χ0n) is 4.68. The molecule has 0 radical (unpaired) electrons. The molecule has 0 aliphatic carbocycles. The molecule has 0 bridgehead atoms. The van der Waals surface area contributed by atoms with Gasteiger partial charge in [-0.3, -0.25) is 0 Å². The van der Waals surface area contributed by atoms with E-state index in [-0.39, 0.29) is 11.8 Å². The highest BCUT2D eigenvalue weighted by Crippen LogP contribution is 2.44. The van der Waals surface area contributed by atoms with Crippen LogP contribution in [0.4, 0.5) is 0 Å². The molecule has 0 saturated heterocycles. The molecule has 0 unspecified atom stereocenters. The van der Waals surface area contributed by atoms with Gasteiger partial charge in [-0.2, -0.15) is 0 Å². The van der Waals surface area contributed by atoms with Crippen LogP contribution in [0.25, 0.3) is 0 Å². The van der Waals surface area contributed by atoms with Crippen molar-refractivity contribution in [2.24, 2.45) is 0 Å². The minimum atomic E-state index is -1.63. The molecule has 0 heterocycles. The fraction of sp³-hybridized carbons (Fsp3) is 1.00. The lowest BCUT2D eigenvalue weighted by molar-refractivity contribution is 0.734. The molecule has 0 saturated carbocycles. The molecule has 10 heavy (non-hydrogen) atoms. The maximum atomic E-state index is 5.72. The van der Waals surface area contributed by atoms with E-state index in [9.17, 15) is 0 Å². The zero-order chi connectivity index (χ0) is 8.41. The third-order valence-corrected chi connectivity index (χ3v) is 4.04. The summed E-state index contributed by atoms with van der Waals surface area (Å²) in [6.07, 6.45) is 0. The Morgan fingerprint density at radius 2 is 1.10 bits per heavy atom. The minimum absolute atomic E-state index is 0.00540. The molecule has 6 heteroatoms. The van der Waals surface area contributed by atoms with Gasteiger partial charge in [-0.1, -0.05) is 34.8 Å². The van der Waals surface area contributed by atoms with Gasteiger partial charge in [0.1, 0.15) is 4.87 Å². The Hall–Kier alpha value is 1.74. The van der Waals surface area contributed by atoms with Gasteiger partial charge in [-0.05, 0) is 0 Å². The van der Waals surface area contributed by atoms with Gasteiger partial charge in [-0.15, -0.1) is 34.8 Å². The van der Waals surface area contributed by atoms with E-state index >= 15 is 0 Å². The highest BCUT2D eigenvalue weighted by atomic mass is 35.6. The first-order valence-corrected chi connectivity index (χ1v) is 4.83. The van der Waals surface area contributed by atoms with Crippen molar-refractivity contribution in [3.63, 3.8) is 0 Å². The molecule has 0 atom stereocenters. The lowest BCUT2D eigenvalue weighted by Crippen LogP contribution is -2.40. The summed E-state index contributed by atoms with van der Waals surface area (Å²) in [7, 11) is 0. The topological polar surface area (TPSA) is 0 Å². The van der Waals surface area contributed by atoms with Crippen molar-refractivity contribution < 1.29 is 0 Å². The summed E-state index contributed by atoms with van der Waals surface area (Å²) in [5.74, 6) is -0.0108. The highest BCUT2D eigenvalue weighted by molar-refractivity contribution is 6.71. The number of hydrogen-bond acceptors (Lipinski definition) is 0. The summed E-state index contributed by atoms with van der Waals surface area (Å²) in [5, 5.41) is 0. The molecule has 0 fully saturated rings. The van der Waals surface area contributed by atoms with Crippen LogP contribution in [0.2, 0.25) is 0 Å². The number of hydrogen-bond donors (Lipinski definition) is 0. The third kappa shape index (κ3) is 2.66. The summed E-state index contributed by atoms with van der Waals surface area (Å²) in [6, 6.07) is 0. The first-order chi connectivity index (χ1) is 4.37. The molecule has 0 aromatic heterocycles. The first-order valence-electron chi connectivity index (χ1n) is 2.25. The maximum absolute atomic E-state index is 5.72. The van der Waals surface area contributed by atoms with Crippen molar-refractivity contribution in [1.82, 2.24) is 0 Å². The molecule has 0 aromatic rings. The van der Waals surface area contributed by atoms with Crippen LogP contribution >= 0.6 is 69.6 Å². The molecule has 0 aromatic carbocycles. The summed E-state index contributed by atoms with van der Waals surface area (Å²) in [6.45, 7) is 0. The lowest BCUT2D eigenvalue weighted by atomic mass is 10.2. The monoisotopic (exact) mass is 262 g/mol. The van der Waals surface area contributed by atoms with Crippen molar-refractivity contribution in [2.75, 3.05) is 11.8 Å². The average molecular weight is 265 g/mol. The SMILES string of the molecule is ClCC(Cl)(CCl)C(Cl)(Cl)Cl. The van der Waals surface area contributed by atoms with Gasteiger partial charge in [0, 0.05) is 11.8 Å². The quantitative estimate of drug-likeness (QED) is 0.666. The Kier molecular flexibility index (Phi) is 4.83. The van der Waals surface area contributed by atoms with Crippen LogP contribution in [-0.4, -0.2) is 20.4 Å². The summed E-state index contributed by atoms with van der Waals surface area (Å²) < 4.78 is -1.63. The van der Waals surface area contributed by atoms with Gasteiger partial charge in [0.25, 0.3) is 0 Å². The van der Waals surface area contributed by atoms with Gasteiger partial charge in [0.2, 0.25) is 3.79 Å². The second kappa shape index (κ2) is 4.11. The summed E-state index contributed by atoms with van der Waals surface area (Å²) in [4.78, 5) is -1.18. The number of halogens is 6. The average Bonchev–Trinajstić information content (AvgIpc) is 1.84. The van der Waals surface area contributed by atoms with Crippen molar-refractivity contribution in [2.45, 2.75) is 8.67 Å². The zero-order valence-corrected chi connectivity index (χ0v) is 9.22. The molecule has 0 aliphatic heterocycles. The Labute approximate surface area is 89.7 Å². The standard InChI is InChI=1S/C4H4Cl6/c5-1-3(7,2-6)4(8,9)10/h1-2H2. The first kappa shape index (κ1) is 11.7. The fourth-order valence-electron chi connectivity index (χ4n) is 0.187. The molecule has 0 N–H and O–H groups in total. The molecule has 0 spiro atoms. The van der Waals surface area contributed by atoms with Crippen LogP contribution in [0.3, 0.4) is 0 Å². The number of rotatable bonds is 2. The largest absolute Gasteiger partial charge is 0.211 e. The van der Waals surface area contributed by atoms with Crippen LogP contribution in [0, 0.1) is 0 Å². The Morgan fingerprint density at radius 3 is 1.10 bits per heavy atom. The maximum Gasteiger partial charge on any atom is 0.211 e. The summed E-state index contributed by atoms with van der Waals surface area (Å²) in [5.41, 5.74) is 0. The second-order valence-corrected chi connectivity index (χ2v) is 5.27. The van der Waals surface area contributed by atoms with Crippen LogP contribution in [-0.2, 0) is 0 Å². The van der Waals surface area contributed by atoms with E-state index < -0.39 is 8.67 Å². The fourth-order valence-corrected chi connectivity index (χ4v) is 1.69. The smallest absolute Gasteiger partial charge is 0.125 e. The van der Waals surface area contributed by atoms with Crippen molar-refractivity contribution in [3.8, 4) is 0 Å². The van der Waals surface area contributed by atoms with Crippen LogP contribution < -0.4 is 0 Å². The molecule has 62 valence electrons. The highest BCUT2D eigenvalue weighted by Gasteiger charge is 2.45. The summed E-state index contributed by atoms with van der Waals surface area (Å²) >= 11 is 33.0. The van der Waals surface area contributed by atoms with Gasteiger partial charge in [-0.25, -0.2) is 0 Å². The predicted octanol–water partition coefficient (Wildman–Crippen LogP) is 3.81. The van der Waals surface area contributed by atoms with E-state index in [1.807, 2.05) is 0 Å².